The fourth-order valence-corrected chi connectivity index (χ4v) is 1.59. The van der Waals surface area contributed by atoms with E-state index < -0.39 is 0 Å². The van der Waals surface area contributed by atoms with Gasteiger partial charge in [-0.05, 0) is 25.1 Å². The van der Waals surface area contributed by atoms with E-state index in [0.717, 1.165) is 17.1 Å². The van der Waals surface area contributed by atoms with Gasteiger partial charge in [-0.1, -0.05) is 20.8 Å². The fourth-order valence-electron chi connectivity index (χ4n) is 1.59. The van der Waals surface area contributed by atoms with Crippen LogP contribution in [0.4, 0.5) is 0 Å². The minimum Gasteiger partial charge on any atom is -0.265 e. The Morgan fingerprint density at radius 3 is 2.25 bits per heavy atom. The molecule has 0 saturated carbocycles. The van der Waals surface area contributed by atoms with Crippen LogP contribution in [-0.4, -0.2) is 14.8 Å². The highest BCUT2D eigenvalue weighted by Crippen LogP contribution is 2.22. The Morgan fingerprint density at radius 1 is 1.12 bits per heavy atom. The number of nitrogens with zero attached hydrogens (tertiary/aromatic N) is 3. The summed E-state index contributed by atoms with van der Waals surface area (Å²) in [6, 6.07) is 6.07. The van der Waals surface area contributed by atoms with Gasteiger partial charge in [-0.25, -0.2) is 4.68 Å². The normalized spacial score (nSPS) is 11.8. The van der Waals surface area contributed by atoms with E-state index in [1.54, 1.807) is 12.4 Å². The first-order valence-corrected chi connectivity index (χ1v) is 5.46. The van der Waals surface area contributed by atoms with E-state index >= 15 is 0 Å². The van der Waals surface area contributed by atoms with E-state index in [1.807, 2.05) is 16.8 Å². The maximum Gasteiger partial charge on any atom is 0.0685 e. The number of aryl methyl sites for hydroxylation is 1. The van der Waals surface area contributed by atoms with Gasteiger partial charge in [-0.3, -0.25) is 4.98 Å². The second-order valence-electron chi connectivity index (χ2n) is 5.04. The molecule has 2 aromatic heterocycles. The molecule has 0 aliphatic heterocycles. The molecule has 0 N–H and O–H groups in total. The molecule has 84 valence electrons. The zero-order valence-electron chi connectivity index (χ0n) is 10.2. The number of hydrogen-bond acceptors (Lipinski definition) is 2. The summed E-state index contributed by atoms with van der Waals surface area (Å²) in [6.07, 6.45) is 3.57. The summed E-state index contributed by atoms with van der Waals surface area (Å²) >= 11 is 0. The van der Waals surface area contributed by atoms with Gasteiger partial charge in [-0.2, -0.15) is 5.10 Å². The highest BCUT2D eigenvalue weighted by molar-refractivity contribution is 5.32. The third-order valence-corrected chi connectivity index (χ3v) is 2.56. The van der Waals surface area contributed by atoms with Crippen LogP contribution < -0.4 is 0 Å². The summed E-state index contributed by atoms with van der Waals surface area (Å²) in [5, 5.41) is 4.64. The zero-order chi connectivity index (χ0) is 11.8. The summed E-state index contributed by atoms with van der Waals surface area (Å²) in [7, 11) is 0. The molecule has 0 saturated heterocycles. The van der Waals surface area contributed by atoms with Crippen molar-refractivity contribution in [1.82, 2.24) is 14.8 Å². The standard InChI is InChI=1S/C13H17N3/c1-10-9-12(13(2,3)4)15-16(10)11-5-7-14-8-6-11/h5-9H,1-4H3. The largest absolute Gasteiger partial charge is 0.265 e. The van der Waals surface area contributed by atoms with E-state index in [1.165, 1.54) is 0 Å². The van der Waals surface area contributed by atoms with Crippen LogP contribution in [0, 0.1) is 6.92 Å². The van der Waals surface area contributed by atoms with Crippen molar-refractivity contribution in [2.45, 2.75) is 33.1 Å². The predicted octanol–water partition coefficient (Wildman–Crippen LogP) is 2.87. The molecular weight excluding hydrogens is 198 g/mol. The minimum absolute atomic E-state index is 0.0863. The maximum atomic E-state index is 4.64. The molecule has 0 unspecified atom stereocenters. The molecule has 0 aromatic carbocycles. The summed E-state index contributed by atoms with van der Waals surface area (Å²) in [4.78, 5) is 4.02. The third-order valence-electron chi connectivity index (χ3n) is 2.56. The topological polar surface area (TPSA) is 30.7 Å². The maximum absolute atomic E-state index is 4.64. The average Bonchev–Trinajstić information content (AvgIpc) is 2.61. The number of aromatic nitrogens is 3. The summed E-state index contributed by atoms with van der Waals surface area (Å²) in [5.41, 5.74) is 3.41. The van der Waals surface area contributed by atoms with Crippen molar-refractivity contribution in [1.29, 1.82) is 0 Å². The first kappa shape index (κ1) is 10.9. The van der Waals surface area contributed by atoms with Gasteiger partial charge < -0.3 is 0 Å². The first-order valence-electron chi connectivity index (χ1n) is 5.46. The second-order valence-corrected chi connectivity index (χ2v) is 5.04. The van der Waals surface area contributed by atoms with E-state index in [4.69, 9.17) is 0 Å². The monoisotopic (exact) mass is 215 g/mol. The molecule has 0 radical (unpaired) electrons. The lowest BCUT2D eigenvalue weighted by Crippen LogP contribution is -2.12. The van der Waals surface area contributed by atoms with Crippen molar-refractivity contribution < 1.29 is 0 Å². The number of rotatable bonds is 1. The molecule has 16 heavy (non-hydrogen) atoms. The van der Waals surface area contributed by atoms with Crippen molar-refractivity contribution in [3.8, 4) is 5.69 Å². The second kappa shape index (κ2) is 3.74. The van der Waals surface area contributed by atoms with Crippen molar-refractivity contribution in [3.63, 3.8) is 0 Å². The summed E-state index contributed by atoms with van der Waals surface area (Å²) < 4.78 is 1.96. The number of pyridine rings is 1. The highest BCUT2D eigenvalue weighted by Gasteiger charge is 2.18. The van der Waals surface area contributed by atoms with Crippen molar-refractivity contribution in [2.75, 3.05) is 0 Å². The van der Waals surface area contributed by atoms with Crippen LogP contribution in [0.3, 0.4) is 0 Å². The third kappa shape index (κ3) is 1.98. The van der Waals surface area contributed by atoms with Gasteiger partial charge >= 0.3 is 0 Å². The molecule has 2 rings (SSSR count). The lowest BCUT2D eigenvalue weighted by atomic mass is 9.92. The number of hydrogen-bond donors (Lipinski definition) is 0. The Balaban J connectivity index is 2.48. The molecule has 2 aromatic rings. The minimum atomic E-state index is 0.0863. The van der Waals surface area contributed by atoms with E-state index in [-0.39, 0.29) is 5.41 Å². The SMILES string of the molecule is Cc1cc(C(C)(C)C)nn1-c1ccncc1. The Bertz CT molecular complexity index is 478. The molecule has 0 atom stereocenters. The van der Waals surface area contributed by atoms with Gasteiger partial charge in [0.1, 0.15) is 0 Å². The smallest absolute Gasteiger partial charge is 0.0685 e. The molecule has 0 aliphatic rings. The molecule has 2 heterocycles. The van der Waals surface area contributed by atoms with Crippen LogP contribution in [0.15, 0.2) is 30.6 Å². The van der Waals surface area contributed by atoms with Gasteiger partial charge in [-0.15, -0.1) is 0 Å². The Kier molecular flexibility index (Phi) is 2.54. The van der Waals surface area contributed by atoms with Crippen LogP contribution in [0.5, 0.6) is 0 Å². The molecule has 0 amide bonds. The van der Waals surface area contributed by atoms with Crippen molar-refractivity contribution >= 4 is 0 Å². The lowest BCUT2D eigenvalue weighted by Gasteiger charge is -2.14. The van der Waals surface area contributed by atoms with Crippen LogP contribution in [0.1, 0.15) is 32.2 Å². The molecule has 0 spiro atoms. The van der Waals surface area contributed by atoms with Gasteiger partial charge in [0.15, 0.2) is 0 Å². The molecule has 0 bridgehead atoms. The van der Waals surface area contributed by atoms with Gasteiger partial charge in [0, 0.05) is 23.5 Å². The van der Waals surface area contributed by atoms with E-state index in [2.05, 4.69) is 43.8 Å². The molecule has 0 aliphatic carbocycles. The average molecular weight is 215 g/mol. The van der Waals surface area contributed by atoms with Crippen LogP contribution >= 0.6 is 0 Å². The highest BCUT2D eigenvalue weighted by atomic mass is 15.3. The Labute approximate surface area is 96.1 Å². The van der Waals surface area contributed by atoms with Gasteiger partial charge in [0.05, 0.1) is 11.4 Å². The quantitative estimate of drug-likeness (QED) is 0.732. The molecule has 0 fully saturated rings. The summed E-state index contributed by atoms with van der Waals surface area (Å²) in [5.74, 6) is 0. The predicted molar refractivity (Wildman–Crippen MR) is 64.8 cm³/mol. The van der Waals surface area contributed by atoms with Crippen LogP contribution in [-0.2, 0) is 5.41 Å². The van der Waals surface area contributed by atoms with Crippen molar-refractivity contribution in [3.05, 3.63) is 42.0 Å². The lowest BCUT2D eigenvalue weighted by molar-refractivity contribution is 0.560. The van der Waals surface area contributed by atoms with Crippen molar-refractivity contribution in [2.24, 2.45) is 0 Å². The Hall–Kier alpha value is -1.64. The van der Waals surface area contributed by atoms with Crippen LogP contribution in [0.25, 0.3) is 5.69 Å². The fraction of sp³-hybridized carbons (Fsp3) is 0.385. The Morgan fingerprint density at radius 2 is 1.75 bits per heavy atom. The first-order chi connectivity index (χ1) is 7.48. The van der Waals surface area contributed by atoms with Gasteiger partial charge in [0.2, 0.25) is 0 Å². The molecular formula is C13H17N3. The summed E-state index contributed by atoms with van der Waals surface area (Å²) in [6.45, 7) is 8.59. The zero-order valence-corrected chi connectivity index (χ0v) is 10.2. The molecule has 3 nitrogen and oxygen atoms in total. The molecule has 3 heteroatoms. The van der Waals surface area contributed by atoms with Gasteiger partial charge in [0.25, 0.3) is 0 Å². The van der Waals surface area contributed by atoms with E-state index in [9.17, 15) is 0 Å². The van der Waals surface area contributed by atoms with Crippen LogP contribution in [0.2, 0.25) is 0 Å². The van der Waals surface area contributed by atoms with E-state index in [0.29, 0.717) is 0 Å².